The molecule has 6 rings (SSSR count). The molecule has 40 heavy (non-hydrogen) atoms. The Kier molecular flexibility index (Phi) is 6.16. The van der Waals surface area contributed by atoms with Crippen LogP contribution in [0.1, 0.15) is 25.0 Å². The fraction of sp³-hybridized carbons (Fsp3) is 0.267. The molecular formula is C30H29N9O. The maximum absolute atomic E-state index is 13.3. The number of nitrogens with zero attached hydrogens (tertiary/aromatic N) is 8. The summed E-state index contributed by atoms with van der Waals surface area (Å²) in [5.41, 5.74) is 5.25. The monoisotopic (exact) mass is 531 g/mol. The third-order valence-corrected chi connectivity index (χ3v) is 7.54. The lowest BCUT2D eigenvalue weighted by atomic mass is 9.86. The van der Waals surface area contributed by atoms with Gasteiger partial charge in [-0.1, -0.05) is 18.7 Å². The summed E-state index contributed by atoms with van der Waals surface area (Å²) in [5, 5.41) is 12.4. The number of hydrogen-bond donors (Lipinski definition) is 1. The number of hydrogen-bond acceptors (Lipinski definition) is 8. The van der Waals surface area contributed by atoms with Crippen LogP contribution in [0.4, 0.5) is 22.1 Å². The number of likely N-dealkylation sites (N-methyl/N-ethyl adjacent to an activating group) is 1. The van der Waals surface area contributed by atoms with Crippen molar-refractivity contribution >= 4 is 40.1 Å². The molecular weight excluding hydrogens is 502 g/mol. The van der Waals surface area contributed by atoms with E-state index in [1.807, 2.05) is 50.2 Å². The molecule has 200 valence electrons. The van der Waals surface area contributed by atoms with Gasteiger partial charge in [0.25, 0.3) is 0 Å². The summed E-state index contributed by atoms with van der Waals surface area (Å²) in [7, 11) is 2.12. The molecule has 1 fully saturated rings. The van der Waals surface area contributed by atoms with E-state index in [0.29, 0.717) is 45.3 Å². The molecule has 2 aliphatic heterocycles. The Morgan fingerprint density at radius 3 is 2.35 bits per heavy atom. The van der Waals surface area contributed by atoms with E-state index in [0.717, 1.165) is 37.3 Å². The third-order valence-electron chi connectivity index (χ3n) is 7.54. The number of carbonyl (C=O) groups is 1. The molecule has 0 saturated carbocycles. The number of pyridine rings is 2. The number of urea groups is 1. The van der Waals surface area contributed by atoms with Gasteiger partial charge < -0.3 is 15.1 Å². The summed E-state index contributed by atoms with van der Waals surface area (Å²) in [4.78, 5) is 38.2. The first-order valence-electron chi connectivity index (χ1n) is 13.1. The Morgan fingerprint density at radius 1 is 0.975 bits per heavy atom. The van der Waals surface area contributed by atoms with E-state index < -0.39 is 5.41 Å². The zero-order chi connectivity index (χ0) is 28.0. The second kappa shape index (κ2) is 9.70. The molecule has 3 aromatic heterocycles. The highest BCUT2D eigenvalue weighted by atomic mass is 16.2. The van der Waals surface area contributed by atoms with Crippen molar-refractivity contribution in [1.29, 1.82) is 5.26 Å². The molecule has 0 unspecified atom stereocenters. The lowest BCUT2D eigenvalue weighted by molar-refractivity contribution is 0.251. The maximum atomic E-state index is 13.3. The lowest BCUT2D eigenvalue weighted by Crippen LogP contribution is -2.45. The van der Waals surface area contributed by atoms with E-state index in [9.17, 15) is 10.1 Å². The van der Waals surface area contributed by atoms with Crippen molar-refractivity contribution in [3.8, 4) is 17.3 Å². The van der Waals surface area contributed by atoms with Crippen LogP contribution in [0.15, 0.2) is 61.6 Å². The second-order valence-corrected chi connectivity index (χ2v) is 10.7. The van der Waals surface area contributed by atoms with Gasteiger partial charge in [0.15, 0.2) is 0 Å². The minimum absolute atomic E-state index is 0.343. The van der Waals surface area contributed by atoms with Gasteiger partial charge in [-0.2, -0.15) is 5.26 Å². The van der Waals surface area contributed by atoms with Crippen molar-refractivity contribution in [2.75, 3.05) is 43.0 Å². The molecule has 4 aromatic rings. The fourth-order valence-electron chi connectivity index (χ4n) is 4.98. The van der Waals surface area contributed by atoms with Crippen LogP contribution in [-0.2, 0) is 5.41 Å². The standard InChI is InChI=1S/C30H29N9O/c1-19-23-17-32-25-10-9-24(20-15-33-28(34-16-20)38-13-11-37(4)12-14-38)36-26(25)27(23)39(29(40)35-19)22-7-5-21(6-8-22)30(2,3)18-31/h5-10,15-17H,1,11-14H2,2-4H3,(H,35,40). The van der Waals surface area contributed by atoms with Gasteiger partial charge in [-0.05, 0) is 50.7 Å². The molecule has 2 amide bonds. The normalized spacial score (nSPS) is 16.1. The zero-order valence-corrected chi connectivity index (χ0v) is 22.7. The molecule has 10 heteroatoms. The first kappa shape index (κ1) is 25.4. The highest BCUT2D eigenvalue weighted by Crippen LogP contribution is 2.40. The molecule has 0 bridgehead atoms. The van der Waals surface area contributed by atoms with Gasteiger partial charge in [0.2, 0.25) is 5.95 Å². The summed E-state index contributed by atoms with van der Waals surface area (Å²) in [6, 6.07) is 13.2. The molecule has 2 aliphatic rings. The van der Waals surface area contributed by atoms with Crippen molar-refractivity contribution in [3.63, 3.8) is 0 Å². The van der Waals surface area contributed by atoms with E-state index in [1.165, 1.54) is 0 Å². The van der Waals surface area contributed by atoms with Crippen LogP contribution in [0.2, 0.25) is 0 Å². The van der Waals surface area contributed by atoms with Crippen LogP contribution in [0, 0.1) is 11.3 Å². The number of fused-ring (bicyclic) bond motifs is 3. The number of amides is 2. The average molecular weight is 532 g/mol. The predicted molar refractivity (Wildman–Crippen MR) is 155 cm³/mol. The Balaban J connectivity index is 1.41. The van der Waals surface area contributed by atoms with Crippen molar-refractivity contribution in [2.45, 2.75) is 19.3 Å². The molecule has 1 N–H and O–H groups in total. The molecule has 1 saturated heterocycles. The molecule has 10 nitrogen and oxygen atoms in total. The zero-order valence-electron chi connectivity index (χ0n) is 22.7. The van der Waals surface area contributed by atoms with Crippen LogP contribution in [0.3, 0.4) is 0 Å². The molecule has 0 aliphatic carbocycles. The summed E-state index contributed by atoms with van der Waals surface area (Å²) in [5.74, 6) is 0.707. The smallest absolute Gasteiger partial charge is 0.331 e. The number of piperazine rings is 1. The van der Waals surface area contributed by atoms with E-state index in [1.54, 1.807) is 23.5 Å². The largest absolute Gasteiger partial charge is 0.338 e. The Hall–Kier alpha value is -4.88. The van der Waals surface area contributed by atoms with Crippen molar-refractivity contribution < 1.29 is 4.79 Å². The lowest BCUT2D eigenvalue weighted by Gasteiger charge is -2.32. The topological polar surface area (TPSA) is 114 Å². The SMILES string of the molecule is C=C1NC(=O)N(c2ccc(C(C)(C)C#N)cc2)c2c1cnc1ccc(-c3cnc(N4CCN(C)CC4)nc3)nc21. The van der Waals surface area contributed by atoms with E-state index in [2.05, 4.69) is 49.8 Å². The number of carbonyl (C=O) groups excluding carboxylic acids is 1. The van der Waals surface area contributed by atoms with Gasteiger partial charge in [0.05, 0.1) is 34.1 Å². The van der Waals surface area contributed by atoms with E-state index >= 15 is 0 Å². The van der Waals surface area contributed by atoms with E-state index in [-0.39, 0.29) is 6.03 Å². The molecule has 5 heterocycles. The minimum atomic E-state index is -0.649. The van der Waals surface area contributed by atoms with Crippen molar-refractivity contribution in [2.24, 2.45) is 0 Å². The average Bonchev–Trinajstić information content (AvgIpc) is 2.97. The number of anilines is 3. The summed E-state index contributed by atoms with van der Waals surface area (Å²) in [6.07, 6.45) is 5.28. The van der Waals surface area contributed by atoms with Crippen LogP contribution in [-0.4, -0.2) is 64.1 Å². The molecule has 0 spiro atoms. The number of nitrogens with one attached hydrogen (secondary N) is 1. The summed E-state index contributed by atoms with van der Waals surface area (Å²) in [6.45, 7) is 11.5. The fourth-order valence-corrected chi connectivity index (χ4v) is 4.98. The summed E-state index contributed by atoms with van der Waals surface area (Å²) >= 11 is 0. The quantitative estimate of drug-likeness (QED) is 0.410. The Labute approximate surface area is 232 Å². The van der Waals surface area contributed by atoms with Gasteiger partial charge in [0.1, 0.15) is 5.52 Å². The number of benzene rings is 1. The third kappa shape index (κ3) is 4.40. The highest BCUT2D eigenvalue weighted by molar-refractivity contribution is 6.14. The van der Waals surface area contributed by atoms with Gasteiger partial charge in [0, 0.05) is 61.6 Å². The van der Waals surface area contributed by atoms with Gasteiger partial charge in [-0.25, -0.2) is 19.7 Å². The van der Waals surface area contributed by atoms with Crippen LogP contribution < -0.4 is 15.1 Å². The minimum Gasteiger partial charge on any atom is -0.338 e. The first-order valence-corrected chi connectivity index (χ1v) is 13.1. The predicted octanol–water partition coefficient (Wildman–Crippen LogP) is 4.47. The van der Waals surface area contributed by atoms with Crippen molar-refractivity contribution in [3.05, 3.63) is 72.7 Å². The van der Waals surface area contributed by atoms with Gasteiger partial charge in [-0.3, -0.25) is 9.88 Å². The number of nitriles is 1. The van der Waals surface area contributed by atoms with Crippen LogP contribution >= 0.6 is 0 Å². The first-order chi connectivity index (χ1) is 19.2. The van der Waals surface area contributed by atoms with Crippen molar-refractivity contribution in [1.82, 2.24) is 30.2 Å². The summed E-state index contributed by atoms with van der Waals surface area (Å²) < 4.78 is 0. The number of rotatable bonds is 4. The van der Waals surface area contributed by atoms with Crippen LogP contribution in [0.5, 0.6) is 0 Å². The molecule has 0 atom stereocenters. The highest BCUT2D eigenvalue weighted by Gasteiger charge is 2.31. The second-order valence-electron chi connectivity index (χ2n) is 10.7. The Bertz CT molecular complexity index is 1660. The van der Waals surface area contributed by atoms with E-state index in [4.69, 9.17) is 4.98 Å². The number of aromatic nitrogens is 4. The molecule has 0 radical (unpaired) electrons. The van der Waals surface area contributed by atoms with Crippen LogP contribution in [0.25, 0.3) is 28.0 Å². The Morgan fingerprint density at radius 2 is 1.68 bits per heavy atom. The van der Waals surface area contributed by atoms with Gasteiger partial charge in [-0.15, -0.1) is 0 Å². The van der Waals surface area contributed by atoms with Gasteiger partial charge >= 0.3 is 6.03 Å². The molecule has 1 aromatic carbocycles. The maximum Gasteiger partial charge on any atom is 0.331 e.